The molecule has 1 fully saturated rings. The lowest BCUT2D eigenvalue weighted by molar-refractivity contribution is 0.899. The summed E-state index contributed by atoms with van der Waals surface area (Å²) in [6, 6.07) is 19.2. The second-order valence-corrected chi connectivity index (χ2v) is 12.3. The van der Waals surface area contributed by atoms with Gasteiger partial charge in [0.15, 0.2) is 0 Å². The molecule has 1 saturated carbocycles. The van der Waals surface area contributed by atoms with E-state index in [-0.39, 0.29) is 16.7 Å². The molecule has 188 valence electrons. The maximum atomic E-state index is 7.00. The first-order chi connectivity index (χ1) is 17.0. The van der Waals surface area contributed by atoms with Crippen LogP contribution in [0, 0.1) is 19.8 Å². The van der Waals surface area contributed by atoms with Gasteiger partial charge in [0.2, 0.25) is 0 Å². The molecule has 4 unspecified atom stereocenters. The zero-order valence-corrected chi connectivity index (χ0v) is 24.2. The van der Waals surface area contributed by atoms with Crippen molar-refractivity contribution in [2.45, 2.75) is 44.9 Å². The molecule has 4 rings (SSSR count). The van der Waals surface area contributed by atoms with E-state index in [9.17, 15) is 0 Å². The van der Waals surface area contributed by atoms with Crippen LogP contribution in [0.3, 0.4) is 0 Å². The van der Waals surface area contributed by atoms with Gasteiger partial charge in [-0.2, -0.15) is 0 Å². The van der Waals surface area contributed by atoms with Crippen molar-refractivity contribution in [2.75, 3.05) is 17.3 Å². The van der Waals surface area contributed by atoms with Crippen LogP contribution in [0.1, 0.15) is 47.6 Å². The van der Waals surface area contributed by atoms with Crippen LogP contribution < -0.4 is 15.9 Å². The number of aryl methyl sites for hydroxylation is 3. The molecule has 0 aliphatic heterocycles. The summed E-state index contributed by atoms with van der Waals surface area (Å²) >= 11 is 13.5. The summed E-state index contributed by atoms with van der Waals surface area (Å²) in [5.41, 5.74) is 9.64. The Morgan fingerprint density at radius 1 is 1.00 bits per heavy atom. The fourth-order valence-electron chi connectivity index (χ4n) is 5.12. The smallest absolute Gasteiger partial charge is 0.0642 e. The van der Waals surface area contributed by atoms with E-state index in [4.69, 9.17) is 23.2 Å². The normalized spacial score (nSPS) is 21.0. The number of halogens is 2. The van der Waals surface area contributed by atoms with Gasteiger partial charge in [-0.25, -0.2) is 0 Å². The van der Waals surface area contributed by atoms with Crippen molar-refractivity contribution in [1.82, 2.24) is 0 Å². The summed E-state index contributed by atoms with van der Waals surface area (Å²) in [5.74, 6) is 0.358. The van der Waals surface area contributed by atoms with Gasteiger partial charge in [-0.15, -0.1) is 11.6 Å². The lowest BCUT2D eigenvalue weighted by Gasteiger charge is -2.16. The maximum absolute atomic E-state index is 7.00. The zero-order valence-electron chi connectivity index (χ0n) is 21.7. The van der Waals surface area contributed by atoms with Crippen molar-refractivity contribution in [3.63, 3.8) is 0 Å². The number of hydrogen-bond donors (Lipinski definition) is 2. The minimum absolute atomic E-state index is 0.133. The van der Waals surface area contributed by atoms with Crippen LogP contribution in [0.15, 0.2) is 73.5 Å². The molecule has 5 heteroatoms. The maximum Gasteiger partial charge on any atom is 0.0642 e. The number of benzene rings is 3. The third kappa shape index (κ3) is 5.67. The fourth-order valence-corrected chi connectivity index (χ4v) is 6.40. The minimum Gasteiger partial charge on any atom is -0.359 e. The summed E-state index contributed by atoms with van der Waals surface area (Å²) in [6.45, 7) is 19.4. The fraction of sp³-hybridized carbons (Fsp3) is 0.290. The predicted octanol–water partition coefficient (Wildman–Crippen LogP) is 8.87. The third-order valence-corrected chi connectivity index (χ3v) is 8.68. The molecule has 0 radical (unpaired) electrons. The first-order valence-electron chi connectivity index (χ1n) is 12.3. The molecule has 0 saturated heterocycles. The van der Waals surface area contributed by atoms with Crippen LogP contribution >= 0.6 is 31.8 Å². The van der Waals surface area contributed by atoms with Gasteiger partial charge in [-0.3, -0.25) is 0 Å². The van der Waals surface area contributed by atoms with Crippen LogP contribution in [-0.2, 0) is 6.42 Å². The van der Waals surface area contributed by atoms with E-state index in [1.54, 1.807) is 0 Å². The standard InChI is InChI=1S/C31H35Cl2N2P/c1-8-22-11-18(2)13-24(15-22)30-29(31(30,6)33)21(5)34-25-9-10-27(32)28(17-25)35-20(4)23-12-19(3)14-26(16-23)36-7/h9-17,29-30,34-36H,4-5,8H2,1-3,6-7H3. The Bertz CT molecular complexity index is 1330. The summed E-state index contributed by atoms with van der Waals surface area (Å²) in [5, 5.41) is 8.87. The van der Waals surface area contributed by atoms with Crippen molar-refractivity contribution < 1.29 is 0 Å². The van der Waals surface area contributed by atoms with Crippen molar-refractivity contribution in [1.29, 1.82) is 0 Å². The van der Waals surface area contributed by atoms with Crippen molar-refractivity contribution >= 4 is 54.2 Å². The quantitative estimate of drug-likeness (QED) is 0.210. The predicted molar refractivity (Wildman–Crippen MR) is 163 cm³/mol. The van der Waals surface area contributed by atoms with E-state index in [0.717, 1.165) is 43.3 Å². The Kier molecular flexibility index (Phi) is 7.91. The Labute approximate surface area is 228 Å². The van der Waals surface area contributed by atoms with Gasteiger partial charge in [0.1, 0.15) is 0 Å². The third-order valence-electron chi connectivity index (χ3n) is 7.01. The molecule has 0 bridgehead atoms. The summed E-state index contributed by atoms with van der Waals surface area (Å²) in [7, 11) is 0.735. The molecule has 3 aromatic carbocycles. The van der Waals surface area contributed by atoms with E-state index in [0.29, 0.717) is 5.02 Å². The Hall–Kier alpha value is -2.25. The SMILES string of the molecule is C=C(Nc1cc(NC(=C)C2C(c3cc(C)cc(CC)c3)C2(C)Cl)ccc1Cl)c1cc(C)cc(PC)c1. The van der Waals surface area contributed by atoms with E-state index in [1.807, 2.05) is 18.2 Å². The first-order valence-corrected chi connectivity index (χ1v) is 14.6. The average Bonchev–Trinajstić information content (AvgIpc) is 3.42. The van der Waals surface area contributed by atoms with Crippen molar-refractivity contribution in [3.8, 4) is 0 Å². The highest BCUT2D eigenvalue weighted by Crippen LogP contribution is 2.64. The Morgan fingerprint density at radius 3 is 2.42 bits per heavy atom. The summed E-state index contributed by atoms with van der Waals surface area (Å²) in [4.78, 5) is -0.368. The summed E-state index contributed by atoms with van der Waals surface area (Å²) in [6.07, 6.45) is 1.01. The molecule has 2 nitrogen and oxygen atoms in total. The van der Waals surface area contributed by atoms with Gasteiger partial charge in [0.25, 0.3) is 0 Å². The molecule has 4 atom stereocenters. The second kappa shape index (κ2) is 10.6. The Balaban J connectivity index is 1.51. The first kappa shape index (κ1) is 26.8. The molecule has 0 aromatic heterocycles. The molecule has 36 heavy (non-hydrogen) atoms. The van der Waals surface area contributed by atoms with Crippen LogP contribution in [-0.4, -0.2) is 11.5 Å². The van der Waals surface area contributed by atoms with Crippen LogP contribution in [0.4, 0.5) is 11.4 Å². The Morgan fingerprint density at radius 2 is 1.72 bits per heavy atom. The summed E-state index contributed by atoms with van der Waals surface area (Å²) < 4.78 is 0. The van der Waals surface area contributed by atoms with E-state index in [2.05, 4.69) is 94.5 Å². The van der Waals surface area contributed by atoms with Gasteiger partial charge in [-0.1, -0.05) is 70.1 Å². The number of alkyl halides is 1. The van der Waals surface area contributed by atoms with Crippen LogP contribution in [0.5, 0.6) is 0 Å². The van der Waals surface area contributed by atoms with Gasteiger partial charge >= 0.3 is 0 Å². The topological polar surface area (TPSA) is 24.1 Å². The number of anilines is 2. The zero-order chi connectivity index (χ0) is 26.2. The molecule has 0 spiro atoms. The highest BCUT2D eigenvalue weighted by Gasteiger charge is 2.62. The second-order valence-electron chi connectivity index (χ2n) is 10.00. The van der Waals surface area contributed by atoms with E-state index >= 15 is 0 Å². The monoisotopic (exact) mass is 536 g/mol. The lowest BCUT2D eigenvalue weighted by atomic mass is 10.00. The number of nitrogens with one attached hydrogen (secondary N) is 2. The van der Waals surface area contributed by atoms with Crippen LogP contribution in [0.25, 0.3) is 5.70 Å². The van der Waals surface area contributed by atoms with Crippen molar-refractivity contribution in [2.24, 2.45) is 5.92 Å². The highest BCUT2D eigenvalue weighted by molar-refractivity contribution is 7.46. The number of hydrogen-bond acceptors (Lipinski definition) is 2. The van der Waals surface area contributed by atoms with Gasteiger partial charge in [0.05, 0.1) is 15.6 Å². The lowest BCUT2D eigenvalue weighted by Crippen LogP contribution is -2.06. The van der Waals surface area contributed by atoms with E-state index < -0.39 is 0 Å². The van der Waals surface area contributed by atoms with E-state index in [1.165, 1.54) is 27.6 Å². The minimum atomic E-state index is -0.368. The number of rotatable bonds is 9. The molecule has 0 amide bonds. The molecule has 2 N–H and O–H groups in total. The van der Waals surface area contributed by atoms with Gasteiger partial charge in [-0.05, 0) is 91.7 Å². The molecule has 1 aliphatic rings. The molecular weight excluding hydrogens is 502 g/mol. The highest BCUT2D eigenvalue weighted by atomic mass is 35.5. The molecular formula is C31H35Cl2N2P. The molecule has 0 heterocycles. The largest absolute Gasteiger partial charge is 0.359 e. The average molecular weight is 538 g/mol. The van der Waals surface area contributed by atoms with Crippen molar-refractivity contribution in [3.05, 3.63) is 106 Å². The van der Waals surface area contributed by atoms with Gasteiger partial charge < -0.3 is 10.6 Å². The van der Waals surface area contributed by atoms with Gasteiger partial charge in [0, 0.05) is 28.9 Å². The molecule has 3 aromatic rings. The molecule has 1 aliphatic carbocycles. The van der Waals surface area contributed by atoms with Crippen LogP contribution in [0.2, 0.25) is 5.02 Å². The number of allylic oxidation sites excluding steroid dienone is 1.